The molecule has 0 amide bonds. The molecule has 0 spiro atoms. The summed E-state index contributed by atoms with van der Waals surface area (Å²) in [6.45, 7) is 0. The van der Waals surface area contributed by atoms with Crippen molar-refractivity contribution in [3.63, 3.8) is 0 Å². The number of aromatic nitrogens is 2. The van der Waals surface area contributed by atoms with Crippen LogP contribution in [0.3, 0.4) is 0 Å². The van der Waals surface area contributed by atoms with Crippen LogP contribution < -0.4 is 0 Å². The van der Waals surface area contributed by atoms with Gasteiger partial charge in [-0.05, 0) is 35.2 Å². The molecule has 0 unspecified atom stereocenters. The lowest BCUT2D eigenvalue weighted by molar-refractivity contribution is 1.21. The average molecular weight is 387 g/mol. The summed E-state index contributed by atoms with van der Waals surface area (Å²) in [6.07, 6.45) is 9.52. The van der Waals surface area contributed by atoms with Crippen LogP contribution in [0.4, 0.5) is 0 Å². The topological polar surface area (TPSA) is 25.8 Å². The number of benzene rings is 2. The normalized spacial score (nSPS) is 14.3. The number of halogens is 1. The molecule has 4 heteroatoms. The second-order valence-corrected chi connectivity index (χ2v) is 7.79. The molecule has 0 fully saturated rings. The zero-order chi connectivity index (χ0) is 18.2. The van der Waals surface area contributed by atoms with Gasteiger partial charge in [0.1, 0.15) is 0 Å². The standard InChI is InChI=1S/C23H15ClN2S/c24-23-25-20(22-21(26-23)18-11-4-5-12-19(18)27-22)17-10-6-9-16(13-14-17)15-7-2-1-3-8-15/h1-8,10-14H,9H2. The number of fused-ring (bicyclic) bond motifs is 3. The van der Waals surface area contributed by atoms with Gasteiger partial charge >= 0.3 is 0 Å². The van der Waals surface area contributed by atoms with Crippen molar-refractivity contribution in [1.29, 1.82) is 0 Å². The number of nitrogens with zero attached hydrogens (tertiary/aromatic N) is 2. The molecule has 0 radical (unpaired) electrons. The Kier molecular flexibility index (Phi) is 4.12. The quantitative estimate of drug-likeness (QED) is 0.349. The highest BCUT2D eigenvalue weighted by atomic mass is 35.5. The van der Waals surface area contributed by atoms with E-state index in [1.165, 1.54) is 15.8 Å². The van der Waals surface area contributed by atoms with E-state index in [4.69, 9.17) is 11.6 Å². The Morgan fingerprint density at radius 1 is 0.889 bits per heavy atom. The van der Waals surface area contributed by atoms with Gasteiger partial charge in [0.25, 0.3) is 0 Å². The van der Waals surface area contributed by atoms with Crippen LogP contribution in [0.2, 0.25) is 5.28 Å². The third-order valence-electron chi connectivity index (χ3n) is 4.71. The Labute approximate surface area is 166 Å². The maximum atomic E-state index is 6.28. The van der Waals surface area contributed by atoms with E-state index in [2.05, 4.69) is 70.7 Å². The highest BCUT2D eigenvalue weighted by molar-refractivity contribution is 7.26. The molecular formula is C23H15ClN2S. The molecule has 4 aromatic rings. The van der Waals surface area contributed by atoms with Gasteiger partial charge in [0.2, 0.25) is 5.28 Å². The Hall–Kier alpha value is -2.75. The van der Waals surface area contributed by atoms with Crippen LogP contribution in [0.5, 0.6) is 0 Å². The fourth-order valence-electron chi connectivity index (χ4n) is 3.41. The molecule has 2 nitrogen and oxygen atoms in total. The van der Waals surface area contributed by atoms with E-state index >= 15 is 0 Å². The minimum absolute atomic E-state index is 0.284. The molecule has 2 aromatic heterocycles. The molecular weight excluding hydrogens is 372 g/mol. The van der Waals surface area contributed by atoms with Crippen molar-refractivity contribution in [2.75, 3.05) is 0 Å². The molecule has 1 aliphatic carbocycles. The van der Waals surface area contributed by atoms with Crippen molar-refractivity contribution >= 4 is 54.4 Å². The summed E-state index contributed by atoms with van der Waals surface area (Å²) in [5.41, 5.74) is 5.41. The zero-order valence-electron chi connectivity index (χ0n) is 14.4. The smallest absolute Gasteiger partial charge is 0.216 e. The van der Waals surface area contributed by atoms with Crippen LogP contribution in [-0.2, 0) is 0 Å². The predicted octanol–water partition coefficient (Wildman–Crippen LogP) is 6.92. The van der Waals surface area contributed by atoms with Gasteiger partial charge in [-0.25, -0.2) is 9.97 Å². The number of allylic oxidation sites excluding steroid dienone is 6. The van der Waals surface area contributed by atoms with E-state index in [1.54, 1.807) is 11.3 Å². The molecule has 2 aromatic carbocycles. The van der Waals surface area contributed by atoms with Crippen molar-refractivity contribution in [3.8, 4) is 0 Å². The summed E-state index contributed by atoms with van der Waals surface area (Å²) >= 11 is 8.00. The maximum Gasteiger partial charge on any atom is 0.223 e. The molecule has 0 bridgehead atoms. The average Bonchev–Trinajstić information content (AvgIpc) is 2.90. The van der Waals surface area contributed by atoms with Gasteiger partial charge in [-0.3, -0.25) is 0 Å². The first-order valence-corrected chi connectivity index (χ1v) is 9.97. The number of hydrogen-bond donors (Lipinski definition) is 0. The van der Waals surface area contributed by atoms with E-state index in [1.807, 2.05) is 18.2 Å². The van der Waals surface area contributed by atoms with Gasteiger partial charge in [0, 0.05) is 15.7 Å². The van der Waals surface area contributed by atoms with Crippen molar-refractivity contribution in [1.82, 2.24) is 9.97 Å². The summed E-state index contributed by atoms with van der Waals surface area (Å²) in [5.74, 6) is 0. The second-order valence-electron chi connectivity index (χ2n) is 6.40. The van der Waals surface area contributed by atoms with Crippen molar-refractivity contribution in [2.45, 2.75) is 6.42 Å². The van der Waals surface area contributed by atoms with Gasteiger partial charge < -0.3 is 0 Å². The minimum Gasteiger partial charge on any atom is -0.216 e. The zero-order valence-corrected chi connectivity index (χ0v) is 16.0. The van der Waals surface area contributed by atoms with Crippen molar-refractivity contribution in [3.05, 3.63) is 95.4 Å². The van der Waals surface area contributed by atoms with E-state index in [9.17, 15) is 0 Å². The summed E-state index contributed by atoms with van der Waals surface area (Å²) in [4.78, 5) is 9.08. The summed E-state index contributed by atoms with van der Waals surface area (Å²) in [6, 6.07) is 18.8. The molecule has 0 saturated carbocycles. The number of thiophene rings is 1. The second kappa shape index (κ2) is 6.76. The van der Waals surface area contributed by atoms with Gasteiger partial charge in [-0.2, -0.15) is 0 Å². The summed E-state index contributed by atoms with van der Waals surface area (Å²) in [7, 11) is 0. The Balaban J connectivity index is 1.69. The highest BCUT2D eigenvalue weighted by Gasteiger charge is 2.15. The first-order chi connectivity index (χ1) is 13.3. The lowest BCUT2D eigenvalue weighted by Crippen LogP contribution is -1.91. The molecule has 1 aliphatic rings. The maximum absolute atomic E-state index is 6.28. The molecule has 2 heterocycles. The van der Waals surface area contributed by atoms with Crippen molar-refractivity contribution < 1.29 is 0 Å². The van der Waals surface area contributed by atoms with Gasteiger partial charge in [0.15, 0.2) is 0 Å². The van der Waals surface area contributed by atoms with Crippen LogP contribution in [-0.4, -0.2) is 9.97 Å². The third-order valence-corrected chi connectivity index (χ3v) is 6.05. The molecule has 130 valence electrons. The molecule has 27 heavy (non-hydrogen) atoms. The Bertz CT molecular complexity index is 1250. The number of rotatable bonds is 2. The van der Waals surface area contributed by atoms with Crippen molar-refractivity contribution in [2.24, 2.45) is 0 Å². The van der Waals surface area contributed by atoms with Gasteiger partial charge in [-0.15, -0.1) is 11.3 Å². The fraction of sp³-hybridized carbons (Fsp3) is 0.0435. The Morgan fingerprint density at radius 3 is 2.59 bits per heavy atom. The lowest BCUT2D eigenvalue weighted by Gasteiger charge is -2.03. The summed E-state index contributed by atoms with van der Waals surface area (Å²) < 4.78 is 2.28. The van der Waals surface area contributed by atoms with Gasteiger partial charge in [-0.1, -0.05) is 72.8 Å². The molecule has 0 atom stereocenters. The predicted molar refractivity (Wildman–Crippen MR) is 116 cm³/mol. The first-order valence-electron chi connectivity index (χ1n) is 8.77. The fourth-order valence-corrected chi connectivity index (χ4v) is 4.73. The molecule has 5 rings (SSSR count). The first kappa shape index (κ1) is 16.4. The minimum atomic E-state index is 0.284. The third kappa shape index (κ3) is 2.99. The van der Waals surface area contributed by atoms with E-state index in [0.29, 0.717) is 0 Å². The van der Waals surface area contributed by atoms with E-state index in [0.717, 1.165) is 33.3 Å². The van der Waals surface area contributed by atoms with E-state index in [-0.39, 0.29) is 5.28 Å². The monoisotopic (exact) mass is 386 g/mol. The van der Waals surface area contributed by atoms with Crippen LogP contribution in [0.25, 0.3) is 31.4 Å². The molecule has 0 aliphatic heterocycles. The molecule has 0 N–H and O–H groups in total. The van der Waals surface area contributed by atoms with Crippen LogP contribution >= 0.6 is 22.9 Å². The molecule has 0 saturated heterocycles. The van der Waals surface area contributed by atoms with Gasteiger partial charge in [0.05, 0.1) is 15.9 Å². The lowest BCUT2D eigenvalue weighted by atomic mass is 10.0. The van der Waals surface area contributed by atoms with Crippen LogP contribution in [0.15, 0.2) is 78.9 Å². The van der Waals surface area contributed by atoms with E-state index < -0.39 is 0 Å². The highest BCUT2D eigenvalue weighted by Crippen LogP contribution is 2.38. The SMILES string of the molecule is Clc1nc(C2=CC=C(c3ccccc3)CC=C2)c2sc3ccccc3c2n1. The Morgan fingerprint density at radius 2 is 1.70 bits per heavy atom. The summed E-state index contributed by atoms with van der Waals surface area (Å²) in [5, 5.41) is 1.41. The van der Waals surface area contributed by atoms with Crippen LogP contribution in [0, 0.1) is 0 Å². The van der Waals surface area contributed by atoms with Crippen LogP contribution in [0.1, 0.15) is 17.7 Å². The number of hydrogen-bond acceptors (Lipinski definition) is 3. The largest absolute Gasteiger partial charge is 0.223 e.